The fourth-order valence-electron chi connectivity index (χ4n) is 0.386. The highest BCUT2D eigenvalue weighted by atomic mass is 16.2. The number of hydrogen-bond donors (Lipinski definition) is 0. The Balaban J connectivity index is 4.24. The number of nitrogens with zero attached hydrogens (tertiary/aromatic N) is 1. The molecule has 1 amide bonds. The Labute approximate surface area is 60.3 Å². The van der Waals surface area contributed by atoms with Gasteiger partial charge in [-0.1, -0.05) is 6.58 Å². The Hall–Kier alpha value is -1.12. The molecular weight excluding hydrogens is 130 g/mol. The van der Waals surface area contributed by atoms with E-state index in [2.05, 4.69) is 6.58 Å². The normalized spacial score (nSPS) is 8.70. The molecule has 0 saturated heterocycles. The van der Waals surface area contributed by atoms with Crippen LogP contribution in [0.15, 0.2) is 12.2 Å². The van der Waals surface area contributed by atoms with Gasteiger partial charge in [0.05, 0.1) is 0 Å². The quantitative estimate of drug-likeness (QED) is 0.407. The molecule has 0 aliphatic rings. The van der Waals surface area contributed by atoms with Gasteiger partial charge in [-0.15, -0.1) is 0 Å². The maximum absolute atomic E-state index is 10.8. The van der Waals surface area contributed by atoms with Crippen molar-refractivity contribution in [3.63, 3.8) is 0 Å². The lowest BCUT2D eigenvalue weighted by atomic mass is 10.2. The summed E-state index contributed by atoms with van der Waals surface area (Å²) in [5.74, 6) is -1.04. The van der Waals surface area contributed by atoms with Crippen LogP contribution in [0, 0.1) is 0 Å². The van der Waals surface area contributed by atoms with E-state index in [9.17, 15) is 9.59 Å². The molecule has 0 fully saturated rings. The summed E-state index contributed by atoms with van der Waals surface area (Å²) < 4.78 is 0. The largest absolute Gasteiger partial charge is 0.342 e. The van der Waals surface area contributed by atoms with Crippen molar-refractivity contribution in [2.45, 2.75) is 6.92 Å². The summed E-state index contributed by atoms with van der Waals surface area (Å²) in [5.41, 5.74) is 0.277. The summed E-state index contributed by atoms with van der Waals surface area (Å²) in [6.07, 6.45) is 0. The molecule has 0 aromatic rings. The zero-order valence-electron chi connectivity index (χ0n) is 6.47. The van der Waals surface area contributed by atoms with Gasteiger partial charge in [-0.05, 0) is 12.5 Å². The molecular formula is C7H11NO2. The lowest BCUT2D eigenvalue weighted by molar-refractivity contribution is -0.140. The molecule has 0 heterocycles. The molecule has 0 aromatic heterocycles. The Morgan fingerprint density at radius 3 is 1.80 bits per heavy atom. The molecule has 3 heteroatoms. The topological polar surface area (TPSA) is 37.4 Å². The summed E-state index contributed by atoms with van der Waals surface area (Å²) in [4.78, 5) is 22.8. The molecule has 0 unspecified atom stereocenters. The van der Waals surface area contributed by atoms with Crippen LogP contribution in [0.4, 0.5) is 0 Å². The van der Waals surface area contributed by atoms with Crippen molar-refractivity contribution < 1.29 is 9.59 Å². The number of likely N-dealkylation sites (N-methyl/N-ethyl adjacent to an activating group) is 1. The third-order valence-electron chi connectivity index (χ3n) is 0.988. The summed E-state index contributed by atoms with van der Waals surface area (Å²) in [6.45, 7) is 4.88. The molecule has 0 radical (unpaired) electrons. The number of carbonyl (C=O) groups is 2. The van der Waals surface area contributed by atoms with E-state index in [1.807, 2.05) is 0 Å². The van der Waals surface area contributed by atoms with Gasteiger partial charge in [-0.3, -0.25) is 9.59 Å². The number of hydrogen-bond acceptors (Lipinski definition) is 2. The highest BCUT2D eigenvalue weighted by molar-refractivity contribution is 6.42. The van der Waals surface area contributed by atoms with Crippen LogP contribution in [-0.4, -0.2) is 30.7 Å². The van der Waals surface area contributed by atoms with Gasteiger partial charge in [0.1, 0.15) is 0 Å². The molecule has 0 atom stereocenters. The van der Waals surface area contributed by atoms with E-state index in [0.717, 1.165) is 0 Å². The number of amides is 1. The third kappa shape index (κ3) is 2.01. The van der Waals surface area contributed by atoms with Crippen molar-refractivity contribution in [1.29, 1.82) is 0 Å². The van der Waals surface area contributed by atoms with E-state index >= 15 is 0 Å². The first-order valence-electron chi connectivity index (χ1n) is 2.88. The van der Waals surface area contributed by atoms with Crippen LogP contribution in [0.3, 0.4) is 0 Å². The first-order valence-corrected chi connectivity index (χ1v) is 2.88. The summed E-state index contributed by atoms with van der Waals surface area (Å²) in [7, 11) is 3.06. The molecule has 0 aliphatic heterocycles. The van der Waals surface area contributed by atoms with Gasteiger partial charge in [0, 0.05) is 14.1 Å². The maximum atomic E-state index is 10.8. The van der Waals surface area contributed by atoms with E-state index in [1.54, 1.807) is 0 Å². The smallest absolute Gasteiger partial charge is 0.294 e. The number of rotatable bonds is 2. The Morgan fingerprint density at radius 2 is 1.70 bits per heavy atom. The Morgan fingerprint density at radius 1 is 1.30 bits per heavy atom. The minimum atomic E-state index is -0.523. The predicted molar refractivity (Wildman–Crippen MR) is 38.5 cm³/mol. The summed E-state index contributed by atoms with van der Waals surface area (Å²) in [6, 6.07) is 0. The predicted octanol–water partition coefficient (Wildman–Crippen LogP) is 0.220. The second kappa shape index (κ2) is 3.15. The average Bonchev–Trinajstić information content (AvgIpc) is 1.84. The van der Waals surface area contributed by atoms with Crippen molar-refractivity contribution >= 4 is 11.7 Å². The Kier molecular flexibility index (Phi) is 2.80. The first-order chi connectivity index (χ1) is 4.46. The molecule has 3 nitrogen and oxygen atoms in total. The van der Waals surface area contributed by atoms with E-state index in [4.69, 9.17) is 0 Å². The first kappa shape index (κ1) is 8.88. The average molecular weight is 141 g/mol. The van der Waals surface area contributed by atoms with Gasteiger partial charge in [0.25, 0.3) is 5.91 Å². The molecule has 0 N–H and O–H groups in total. The van der Waals surface area contributed by atoms with Crippen molar-refractivity contribution in [3.8, 4) is 0 Å². The van der Waals surface area contributed by atoms with Crippen molar-refractivity contribution in [2.24, 2.45) is 0 Å². The summed E-state index contributed by atoms with van der Waals surface area (Å²) in [5, 5.41) is 0. The van der Waals surface area contributed by atoms with E-state index < -0.39 is 11.7 Å². The molecule has 0 saturated carbocycles. The lowest BCUT2D eigenvalue weighted by Gasteiger charge is -2.07. The van der Waals surface area contributed by atoms with Crippen LogP contribution in [-0.2, 0) is 9.59 Å². The van der Waals surface area contributed by atoms with Crippen LogP contribution in [0.2, 0.25) is 0 Å². The number of ketones is 1. The third-order valence-corrected chi connectivity index (χ3v) is 0.988. The number of Topliss-reactive ketones (excluding diaryl/α,β-unsaturated/α-hetero) is 1. The maximum Gasteiger partial charge on any atom is 0.294 e. The van der Waals surface area contributed by atoms with Crippen molar-refractivity contribution in [3.05, 3.63) is 12.2 Å². The minimum absolute atomic E-state index is 0.277. The highest BCUT2D eigenvalue weighted by Crippen LogP contribution is 1.92. The fourth-order valence-corrected chi connectivity index (χ4v) is 0.386. The fraction of sp³-hybridized carbons (Fsp3) is 0.429. The van der Waals surface area contributed by atoms with Gasteiger partial charge in [0.2, 0.25) is 5.78 Å². The van der Waals surface area contributed by atoms with Crippen molar-refractivity contribution in [2.75, 3.05) is 14.1 Å². The molecule has 10 heavy (non-hydrogen) atoms. The zero-order valence-corrected chi connectivity index (χ0v) is 6.47. The minimum Gasteiger partial charge on any atom is -0.342 e. The molecule has 0 spiro atoms. The van der Waals surface area contributed by atoms with Crippen LogP contribution in [0.25, 0.3) is 0 Å². The Bertz CT molecular complexity index is 182. The molecule has 56 valence electrons. The van der Waals surface area contributed by atoms with E-state index in [-0.39, 0.29) is 5.57 Å². The summed E-state index contributed by atoms with van der Waals surface area (Å²) >= 11 is 0. The van der Waals surface area contributed by atoms with Crippen LogP contribution >= 0.6 is 0 Å². The van der Waals surface area contributed by atoms with Crippen molar-refractivity contribution in [1.82, 2.24) is 4.90 Å². The van der Waals surface area contributed by atoms with Crippen LogP contribution < -0.4 is 0 Å². The highest BCUT2D eigenvalue weighted by Gasteiger charge is 2.15. The molecule has 0 aromatic carbocycles. The van der Waals surface area contributed by atoms with Gasteiger partial charge in [-0.2, -0.15) is 0 Å². The SMILES string of the molecule is C=C(C)C(=O)C(=O)N(C)C. The van der Waals surface area contributed by atoms with Gasteiger partial charge >= 0.3 is 0 Å². The standard InChI is InChI=1S/C7H11NO2/c1-5(2)6(9)7(10)8(3)4/h1H2,2-4H3. The second-order valence-corrected chi connectivity index (χ2v) is 2.31. The van der Waals surface area contributed by atoms with Gasteiger partial charge in [0.15, 0.2) is 0 Å². The van der Waals surface area contributed by atoms with Crippen LogP contribution in [0.1, 0.15) is 6.92 Å². The van der Waals surface area contributed by atoms with Gasteiger partial charge < -0.3 is 4.90 Å². The molecule has 0 aliphatic carbocycles. The zero-order chi connectivity index (χ0) is 8.31. The molecule has 0 bridgehead atoms. The van der Waals surface area contributed by atoms with E-state index in [0.29, 0.717) is 0 Å². The monoisotopic (exact) mass is 141 g/mol. The number of carbonyl (C=O) groups excluding carboxylic acids is 2. The van der Waals surface area contributed by atoms with Gasteiger partial charge in [-0.25, -0.2) is 0 Å². The lowest BCUT2D eigenvalue weighted by Crippen LogP contribution is -2.30. The second-order valence-electron chi connectivity index (χ2n) is 2.31. The molecule has 0 rings (SSSR count). The van der Waals surface area contributed by atoms with E-state index in [1.165, 1.54) is 25.9 Å². The van der Waals surface area contributed by atoms with Crippen LogP contribution in [0.5, 0.6) is 0 Å².